The van der Waals surface area contributed by atoms with E-state index in [2.05, 4.69) is 13.8 Å². The number of hydrogen-bond acceptors (Lipinski definition) is 1. The zero-order valence-corrected chi connectivity index (χ0v) is 7.22. The third-order valence-corrected chi connectivity index (χ3v) is 4.35. The average Bonchev–Trinajstić information content (AvgIpc) is 2.47. The van der Waals surface area contributed by atoms with Crippen LogP contribution in [0.25, 0.3) is 0 Å². The Bertz CT molecular complexity index is 250. The second-order valence-corrected chi connectivity index (χ2v) is 4.54. The number of hydrogen-bond donors (Lipinski definition) is 1. The van der Waals surface area contributed by atoms with Gasteiger partial charge in [-0.15, -0.1) is 0 Å². The van der Waals surface area contributed by atoms with E-state index in [0.29, 0.717) is 5.41 Å². The molecule has 3 aliphatic carbocycles. The second kappa shape index (κ2) is 1.37. The molecule has 1 spiro atoms. The van der Waals surface area contributed by atoms with Gasteiger partial charge >= 0.3 is 0 Å². The molecule has 1 heteroatoms. The fraction of sp³-hybridized carbons (Fsp3) is 0.800. The predicted octanol–water partition coefficient (Wildman–Crippen LogP) is 1.90. The van der Waals surface area contributed by atoms with E-state index in [1.165, 1.54) is 12.8 Å². The Hall–Kier alpha value is -0.460. The Kier molecular flexibility index (Phi) is 0.759. The first kappa shape index (κ1) is 6.10. The maximum Gasteiger partial charge on any atom is 0.00608 e. The van der Waals surface area contributed by atoms with Crippen LogP contribution in [0.5, 0.6) is 0 Å². The fourth-order valence-corrected chi connectivity index (χ4v) is 3.79. The lowest BCUT2D eigenvalue weighted by Crippen LogP contribution is -1.93. The summed E-state index contributed by atoms with van der Waals surface area (Å²) in [6.07, 6.45) is 2.96. The van der Waals surface area contributed by atoms with Gasteiger partial charge < -0.3 is 5.73 Å². The number of allylic oxidation sites excluding steroid dienone is 2. The molecule has 0 aromatic rings. The molecule has 0 radical (unpaired) electrons. The van der Waals surface area contributed by atoms with Crippen molar-refractivity contribution in [3.05, 3.63) is 11.3 Å². The minimum absolute atomic E-state index is 0.679. The molecule has 0 heterocycles. The molecule has 3 saturated carbocycles. The van der Waals surface area contributed by atoms with E-state index in [1.54, 1.807) is 5.57 Å². The molecule has 3 rings (SSSR count). The molecule has 3 unspecified atom stereocenters. The summed E-state index contributed by atoms with van der Waals surface area (Å²) in [7, 11) is 0. The van der Waals surface area contributed by atoms with Crippen molar-refractivity contribution in [1.82, 2.24) is 0 Å². The average molecular weight is 149 g/mol. The standard InChI is InChI=1S/C10H15N/c1-5-9(6(2)11)10(5)7-3-4-8(7)10/h5,7-8H,3-4,11H2,1-2H3/b9-6-. The monoisotopic (exact) mass is 149 g/mol. The van der Waals surface area contributed by atoms with Crippen molar-refractivity contribution >= 4 is 0 Å². The normalized spacial score (nSPS) is 61.8. The lowest BCUT2D eigenvalue weighted by molar-refractivity contribution is 0.468. The number of fused-ring (bicyclic) bond motifs is 3. The quantitative estimate of drug-likeness (QED) is 0.559. The zero-order valence-electron chi connectivity index (χ0n) is 7.22. The molecule has 0 aromatic carbocycles. The highest BCUT2D eigenvalue weighted by atomic mass is 14.9. The Labute approximate surface area is 67.7 Å². The van der Waals surface area contributed by atoms with E-state index >= 15 is 0 Å². The molecule has 60 valence electrons. The van der Waals surface area contributed by atoms with Gasteiger partial charge in [-0.2, -0.15) is 0 Å². The molecule has 2 N–H and O–H groups in total. The van der Waals surface area contributed by atoms with Crippen molar-refractivity contribution < 1.29 is 0 Å². The minimum atomic E-state index is 0.679. The minimum Gasteiger partial charge on any atom is -0.402 e. The Morgan fingerprint density at radius 1 is 1.45 bits per heavy atom. The largest absolute Gasteiger partial charge is 0.402 e. The summed E-state index contributed by atoms with van der Waals surface area (Å²) >= 11 is 0. The molecule has 3 atom stereocenters. The van der Waals surface area contributed by atoms with Crippen LogP contribution in [-0.2, 0) is 0 Å². The first-order chi connectivity index (χ1) is 5.20. The van der Waals surface area contributed by atoms with E-state index in [1.807, 2.05) is 0 Å². The molecule has 0 aliphatic heterocycles. The smallest absolute Gasteiger partial charge is 0.00608 e. The molecular formula is C10H15N. The molecule has 3 fully saturated rings. The molecule has 1 nitrogen and oxygen atoms in total. The summed E-state index contributed by atoms with van der Waals surface area (Å²) in [5, 5.41) is 0. The van der Waals surface area contributed by atoms with Gasteiger partial charge in [0.05, 0.1) is 0 Å². The van der Waals surface area contributed by atoms with Gasteiger partial charge in [-0.05, 0) is 43.1 Å². The van der Waals surface area contributed by atoms with E-state index < -0.39 is 0 Å². The van der Waals surface area contributed by atoms with Gasteiger partial charge in [0.25, 0.3) is 0 Å². The first-order valence-electron chi connectivity index (χ1n) is 4.67. The van der Waals surface area contributed by atoms with Crippen LogP contribution in [0, 0.1) is 23.2 Å². The van der Waals surface area contributed by atoms with Crippen LogP contribution in [0.4, 0.5) is 0 Å². The van der Waals surface area contributed by atoms with Gasteiger partial charge in [-0.3, -0.25) is 0 Å². The summed E-state index contributed by atoms with van der Waals surface area (Å²) in [5.74, 6) is 2.96. The SMILES string of the molecule is C/C(N)=C1\C(C)C12C1CCC12. The van der Waals surface area contributed by atoms with Crippen molar-refractivity contribution in [2.24, 2.45) is 28.9 Å². The number of rotatable bonds is 0. The van der Waals surface area contributed by atoms with Crippen molar-refractivity contribution in [3.8, 4) is 0 Å². The molecule has 0 amide bonds. The molecule has 0 saturated heterocycles. The highest BCUT2D eigenvalue weighted by Gasteiger charge is 2.82. The lowest BCUT2D eigenvalue weighted by Gasteiger charge is -2.04. The zero-order chi connectivity index (χ0) is 7.80. The van der Waals surface area contributed by atoms with Crippen LogP contribution < -0.4 is 5.73 Å². The van der Waals surface area contributed by atoms with Crippen LogP contribution in [0.15, 0.2) is 11.3 Å². The van der Waals surface area contributed by atoms with Crippen LogP contribution in [0.2, 0.25) is 0 Å². The van der Waals surface area contributed by atoms with Crippen molar-refractivity contribution in [1.29, 1.82) is 0 Å². The first-order valence-corrected chi connectivity index (χ1v) is 4.67. The molecule has 0 aromatic heterocycles. The third-order valence-electron chi connectivity index (χ3n) is 4.35. The highest BCUT2D eigenvalue weighted by Crippen LogP contribution is 2.88. The van der Waals surface area contributed by atoms with Gasteiger partial charge in [0.2, 0.25) is 0 Å². The van der Waals surface area contributed by atoms with Crippen LogP contribution >= 0.6 is 0 Å². The Morgan fingerprint density at radius 3 is 2.27 bits per heavy atom. The van der Waals surface area contributed by atoms with E-state index in [0.717, 1.165) is 23.5 Å². The van der Waals surface area contributed by atoms with Gasteiger partial charge in [-0.1, -0.05) is 6.92 Å². The van der Waals surface area contributed by atoms with E-state index in [-0.39, 0.29) is 0 Å². The Morgan fingerprint density at radius 2 is 2.00 bits per heavy atom. The van der Waals surface area contributed by atoms with Gasteiger partial charge in [0.1, 0.15) is 0 Å². The summed E-state index contributed by atoms with van der Waals surface area (Å²) in [6.45, 7) is 4.42. The molecule has 0 bridgehead atoms. The number of nitrogens with two attached hydrogens (primary N) is 1. The summed E-state index contributed by atoms with van der Waals surface area (Å²) in [4.78, 5) is 0. The van der Waals surface area contributed by atoms with Crippen molar-refractivity contribution in [2.45, 2.75) is 26.7 Å². The molecular weight excluding hydrogens is 134 g/mol. The maximum atomic E-state index is 5.84. The van der Waals surface area contributed by atoms with Crippen molar-refractivity contribution in [2.75, 3.05) is 0 Å². The third kappa shape index (κ3) is 0.406. The van der Waals surface area contributed by atoms with E-state index in [9.17, 15) is 0 Å². The fourth-order valence-electron chi connectivity index (χ4n) is 3.79. The maximum absolute atomic E-state index is 5.84. The van der Waals surface area contributed by atoms with E-state index in [4.69, 9.17) is 5.73 Å². The van der Waals surface area contributed by atoms with Crippen LogP contribution in [0.3, 0.4) is 0 Å². The highest BCUT2D eigenvalue weighted by molar-refractivity contribution is 5.52. The van der Waals surface area contributed by atoms with Crippen LogP contribution in [-0.4, -0.2) is 0 Å². The van der Waals surface area contributed by atoms with Gasteiger partial charge in [0, 0.05) is 11.1 Å². The summed E-state index contributed by atoms with van der Waals surface area (Å²) in [6, 6.07) is 0. The molecule has 11 heavy (non-hydrogen) atoms. The van der Waals surface area contributed by atoms with Crippen LogP contribution in [0.1, 0.15) is 26.7 Å². The summed E-state index contributed by atoms with van der Waals surface area (Å²) < 4.78 is 0. The predicted molar refractivity (Wildman–Crippen MR) is 44.7 cm³/mol. The van der Waals surface area contributed by atoms with Gasteiger partial charge in [0.15, 0.2) is 0 Å². The second-order valence-electron chi connectivity index (χ2n) is 4.54. The lowest BCUT2D eigenvalue weighted by atomic mass is 10.0. The topological polar surface area (TPSA) is 26.0 Å². The Balaban J connectivity index is 2.00. The van der Waals surface area contributed by atoms with Gasteiger partial charge in [-0.25, -0.2) is 0 Å². The van der Waals surface area contributed by atoms with Crippen molar-refractivity contribution in [3.63, 3.8) is 0 Å². The molecule has 3 aliphatic rings. The summed E-state index contributed by atoms with van der Waals surface area (Å²) in [5.41, 5.74) is 9.25.